The van der Waals surface area contributed by atoms with Gasteiger partial charge in [-0.25, -0.2) is 4.79 Å². The van der Waals surface area contributed by atoms with E-state index in [0.717, 1.165) is 16.7 Å². The van der Waals surface area contributed by atoms with Gasteiger partial charge in [-0.1, -0.05) is 42.5 Å². The van der Waals surface area contributed by atoms with Gasteiger partial charge < -0.3 is 42.0 Å². The number of hydrogen-bond acceptors (Lipinski definition) is 9. The number of carbonyl (C=O) groups is 6. The predicted octanol–water partition coefficient (Wildman–Crippen LogP) is -4.80. The fraction of sp³-hybridized carbons (Fsp3) is 0.333. The number of urea groups is 1. The maximum atomic E-state index is 13.7. The van der Waals surface area contributed by atoms with Crippen molar-refractivity contribution in [1.82, 2.24) is 26.2 Å². The molecule has 2 heterocycles. The van der Waals surface area contributed by atoms with Crippen molar-refractivity contribution in [2.24, 2.45) is 5.73 Å². The van der Waals surface area contributed by atoms with Crippen molar-refractivity contribution in [2.45, 2.75) is 54.2 Å². The Balaban J connectivity index is 0.00000506. The van der Waals surface area contributed by atoms with Crippen molar-refractivity contribution in [3.8, 4) is 5.75 Å². The number of nitrogens with one attached hydrogen (secondary N) is 4. The molecule has 14 nitrogen and oxygen atoms in total. The Morgan fingerprint density at radius 2 is 1.70 bits per heavy atom. The number of aromatic hydroxyl groups is 1. The van der Waals surface area contributed by atoms with E-state index in [2.05, 4.69) is 21.3 Å². The van der Waals surface area contributed by atoms with Crippen LogP contribution >= 0.6 is 11.8 Å². The number of fused-ring (bicyclic) bond motifs is 1. The summed E-state index contributed by atoms with van der Waals surface area (Å²) in [6.45, 7) is 3.13. The molecule has 0 spiro atoms. The molecule has 0 radical (unpaired) electrons. The predicted molar refractivity (Wildman–Crippen MR) is 147 cm³/mol. The largest absolute Gasteiger partial charge is 1.00 e. The fourth-order valence-electron chi connectivity index (χ4n) is 5.22. The molecule has 0 aromatic heterocycles. The van der Waals surface area contributed by atoms with E-state index in [0.29, 0.717) is 12.0 Å². The standard InChI is InChI=1S/C27H30N6O8S.Na/c1-26(2)20(24(39)40)33-23(38)19(27(33,42-26)29-13-34)32-22(37)18(15-8-10-16(35)11-9-15)31-21(36)17(30-25(28)41)12-14-6-4-3-5-7-14;/h3-11,13,17-20,35H,12H2,1-2H3,(H,29,34)(H,31,36)(H,32,37)(H,39,40)(H3,28,30,41);/q;+1/p-1/t17?,18?,19-,20+,27?;/m1./s1. The van der Waals surface area contributed by atoms with Gasteiger partial charge in [-0.3, -0.25) is 24.1 Å². The van der Waals surface area contributed by atoms with Gasteiger partial charge in [-0.2, -0.15) is 0 Å². The van der Waals surface area contributed by atoms with Gasteiger partial charge in [0.1, 0.15) is 17.8 Å². The monoisotopic (exact) mass is 620 g/mol. The number of aliphatic carboxylic acids is 1. The number of hydrogen-bond donors (Lipinski definition) is 6. The van der Waals surface area contributed by atoms with Crippen molar-refractivity contribution in [3.05, 3.63) is 65.7 Å². The van der Waals surface area contributed by atoms with Crippen LogP contribution in [0.2, 0.25) is 0 Å². The van der Waals surface area contributed by atoms with Crippen LogP contribution in [0.1, 0.15) is 31.0 Å². The fourth-order valence-corrected chi connectivity index (χ4v) is 7.01. The summed E-state index contributed by atoms with van der Waals surface area (Å²) in [4.78, 5) is 74.8. The maximum absolute atomic E-state index is 13.7. The Morgan fingerprint density at radius 3 is 2.26 bits per heavy atom. The first-order chi connectivity index (χ1) is 19.8. The van der Waals surface area contributed by atoms with Gasteiger partial charge in [0.2, 0.25) is 18.2 Å². The zero-order valence-electron chi connectivity index (χ0n) is 23.5. The summed E-state index contributed by atoms with van der Waals surface area (Å²) in [6.07, 6.45) is 0.334. The number of benzene rings is 2. The van der Waals surface area contributed by atoms with Crippen LogP contribution in [0.3, 0.4) is 0 Å². The number of phenols is 1. The van der Waals surface area contributed by atoms with Crippen molar-refractivity contribution in [2.75, 3.05) is 0 Å². The van der Waals surface area contributed by atoms with Gasteiger partial charge >= 0.3 is 35.6 Å². The number of β-lactam (4-membered cyclic amide) rings is 1. The van der Waals surface area contributed by atoms with Crippen LogP contribution in [-0.2, 0) is 30.4 Å². The summed E-state index contributed by atoms with van der Waals surface area (Å²) in [5, 5.41) is 31.6. The summed E-state index contributed by atoms with van der Waals surface area (Å²) >= 11 is 0.962. The Bertz CT molecular complexity index is 1410. The molecule has 0 aliphatic carbocycles. The second-order valence-electron chi connectivity index (χ2n) is 10.3. The summed E-state index contributed by atoms with van der Waals surface area (Å²) < 4.78 is -1.10. The molecule has 2 fully saturated rings. The average Bonchev–Trinajstić information content (AvgIpc) is 3.14. The van der Waals surface area contributed by atoms with E-state index < -0.39 is 63.6 Å². The van der Waals surface area contributed by atoms with Crippen LogP contribution in [0.25, 0.3) is 0 Å². The van der Waals surface area contributed by atoms with Gasteiger partial charge in [-0.05, 0) is 37.1 Å². The first kappa shape index (κ1) is 33.7. The molecule has 43 heavy (non-hydrogen) atoms. The normalized spacial score (nSPS) is 22.8. The summed E-state index contributed by atoms with van der Waals surface area (Å²) in [7, 11) is 0. The van der Waals surface area contributed by atoms with Gasteiger partial charge in [0.15, 0.2) is 11.0 Å². The maximum Gasteiger partial charge on any atom is 1.00 e. The quantitative estimate of drug-likeness (QED) is 0.0805. The smallest absolute Gasteiger partial charge is 0.548 e. The Hall–Kier alpha value is -3.79. The van der Waals surface area contributed by atoms with Crippen molar-refractivity contribution in [1.29, 1.82) is 0 Å². The molecular weight excluding hydrogens is 591 g/mol. The molecular formula is C27H29N6NaO8S. The van der Waals surface area contributed by atoms with Crippen molar-refractivity contribution in [3.63, 3.8) is 0 Å². The minimum atomic E-state index is -1.63. The van der Waals surface area contributed by atoms with Gasteiger partial charge in [0.05, 0.1) is 12.0 Å². The molecule has 4 rings (SSSR count). The zero-order chi connectivity index (χ0) is 30.8. The van der Waals surface area contributed by atoms with Crippen LogP contribution in [0, 0.1) is 0 Å². The first-order valence-electron chi connectivity index (χ1n) is 12.8. The number of nitrogens with zero attached hydrogens (tertiary/aromatic N) is 1. The van der Waals surface area contributed by atoms with E-state index in [4.69, 9.17) is 5.73 Å². The van der Waals surface area contributed by atoms with E-state index in [1.54, 1.807) is 44.2 Å². The number of carboxylic acid groups (broad SMARTS) is 1. The minimum absolute atomic E-state index is 0. The van der Waals surface area contributed by atoms with Gasteiger partial charge in [0, 0.05) is 11.2 Å². The minimum Gasteiger partial charge on any atom is -0.548 e. The van der Waals surface area contributed by atoms with Crippen LogP contribution in [0.5, 0.6) is 5.75 Å². The Kier molecular flexibility index (Phi) is 10.4. The number of nitrogens with two attached hydrogens (primary N) is 1. The van der Waals surface area contributed by atoms with E-state index in [1.165, 1.54) is 24.3 Å². The second-order valence-corrected chi connectivity index (χ2v) is 12.2. The van der Waals surface area contributed by atoms with Crippen LogP contribution in [-0.4, -0.2) is 74.0 Å². The Labute approximate surface area is 272 Å². The van der Waals surface area contributed by atoms with E-state index in [9.17, 15) is 39.0 Å². The molecule has 2 aromatic rings. The van der Waals surface area contributed by atoms with Gasteiger partial charge in [0.25, 0.3) is 5.91 Å². The topological polar surface area (TPSA) is 223 Å². The molecule has 2 saturated heterocycles. The first-order valence-corrected chi connectivity index (χ1v) is 13.6. The molecule has 222 valence electrons. The van der Waals surface area contributed by atoms with Crippen LogP contribution in [0.4, 0.5) is 4.79 Å². The molecule has 0 saturated carbocycles. The van der Waals surface area contributed by atoms with Crippen molar-refractivity contribution >= 4 is 47.9 Å². The molecule has 2 aliphatic rings. The number of carboxylic acids is 1. The van der Waals surface area contributed by atoms with E-state index in [-0.39, 0.29) is 47.3 Å². The number of phenolic OH excluding ortho intramolecular Hbond substituents is 1. The molecule has 16 heteroatoms. The SMILES string of the molecule is CC1(C)SC2(NC=O)[C@H](NC(=O)C(NC(=O)C(Cc3ccccc3)NC(N)=O)c3ccc(O)cc3)C(=O)N2[C@H]1C(=O)[O-].[Na+]. The van der Waals surface area contributed by atoms with Crippen LogP contribution in [0.15, 0.2) is 54.6 Å². The number of carbonyl (C=O) groups excluding carboxylic acids is 6. The molecule has 3 unspecified atom stereocenters. The van der Waals surface area contributed by atoms with Crippen molar-refractivity contribution < 1.29 is 68.5 Å². The molecule has 5 atom stereocenters. The molecule has 7 N–H and O–H groups in total. The number of thioether (sulfide) groups is 1. The third kappa shape index (κ3) is 6.74. The van der Waals surface area contributed by atoms with E-state index in [1.807, 2.05) is 0 Å². The summed E-state index contributed by atoms with van der Waals surface area (Å²) in [6, 6.07) is 7.67. The molecule has 2 aromatic carbocycles. The summed E-state index contributed by atoms with van der Waals surface area (Å²) in [5.41, 5.74) is 6.20. The molecule has 0 bridgehead atoms. The van der Waals surface area contributed by atoms with E-state index >= 15 is 0 Å². The van der Waals surface area contributed by atoms with Gasteiger partial charge in [-0.15, -0.1) is 11.8 Å². The molecule has 6 amide bonds. The zero-order valence-corrected chi connectivity index (χ0v) is 26.3. The number of primary amides is 1. The third-order valence-electron chi connectivity index (χ3n) is 7.04. The number of amides is 6. The van der Waals surface area contributed by atoms with Crippen LogP contribution < -0.4 is 61.7 Å². The second kappa shape index (κ2) is 13.2. The number of rotatable bonds is 11. The average molecular weight is 621 g/mol. The Morgan fingerprint density at radius 1 is 1.07 bits per heavy atom. The third-order valence-corrected chi connectivity index (χ3v) is 8.65. The summed E-state index contributed by atoms with van der Waals surface area (Å²) in [5.74, 6) is -4.08. The molecule has 2 aliphatic heterocycles.